The maximum atomic E-state index is 12.6. The summed E-state index contributed by atoms with van der Waals surface area (Å²) in [7, 11) is 0. The van der Waals surface area contributed by atoms with Crippen molar-refractivity contribution in [2.75, 3.05) is 26.2 Å². The van der Waals surface area contributed by atoms with Crippen LogP contribution in [-0.2, 0) is 9.59 Å². The zero-order chi connectivity index (χ0) is 19.2. The summed E-state index contributed by atoms with van der Waals surface area (Å²) in [4.78, 5) is 41.0. The number of hydrogen-bond donors (Lipinski definition) is 0. The van der Waals surface area contributed by atoms with Gasteiger partial charge in [0.25, 0.3) is 0 Å². The van der Waals surface area contributed by atoms with Crippen LogP contribution in [0.2, 0.25) is 0 Å². The molecule has 27 heavy (non-hydrogen) atoms. The van der Waals surface area contributed by atoms with Crippen LogP contribution >= 0.6 is 0 Å². The number of carbonyl (C=O) groups excluding carboxylic acids is 3. The van der Waals surface area contributed by atoms with E-state index in [0.717, 1.165) is 31.2 Å². The van der Waals surface area contributed by atoms with Gasteiger partial charge in [-0.25, -0.2) is 0 Å². The standard InChI is InChI=1S/C22H30N2O3/c1-17-7-9-18(10-8-17)20(25)11-12-21(26)23-13-15-24(16-14-23)22(27)19-5-3-2-4-6-19/h7-10,19H,2-6,11-16H2,1H3. The first kappa shape index (κ1) is 19.6. The molecule has 1 saturated heterocycles. The second-order valence-electron chi connectivity index (χ2n) is 7.83. The summed E-state index contributed by atoms with van der Waals surface area (Å²) in [6, 6.07) is 7.46. The zero-order valence-electron chi connectivity index (χ0n) is 16.3. The zero-order valence-corrected chi connectivity index (χ0v) is 16.3. The first-order valence-electron chi connectivity index (χ1n) is 10.2. The second kappa shape index (κ2) is 9.16. The van der Waals surface area contributed by atoms with Crippen LogP contribution in [0.15, 0.2) is 24.3 Å². The number of rotatable bonds is 5. The van der Waals surface area contributed by atoms with E-state index >= 15 is 0 Å². The van der Waals surface area contributed by atoms with E-state index < -0.39 is 0 Å². The third-order valence-electron chi connectivity index (χ3n) is 5.84. The van der Waals surface area contributed by atoms with E-state index in [1.165, 1.54) is 6.42 Å². The van der Waals surface area contributed by atoms with Crippen molar-refractivity contribution in [3.05, 3.63) is 35.4 Å². The van der Waals surface area contributed by atoms with Crippen molar-refractivity contribution in [1.82, 2.24) is 9.80 Å². The van der Waals surface area contributed by atoms with Crippen LogP contribution in [0.25, 0.3) is 0 Å². The van der Waals surface area contributed by atoms with Gasteiger partial charge in [-0.1, -0.05) is 49.1 Å². The molecule has 2 fully saturated rings. The molecule has 1 aromatic rings. The van der Waals surface area contributed by atoms with Crippen molar-refractivity contribution in [3.8, 4) is 0 Å². The number of hydrogen-bond acceptors (Lipinski definition) is 3. The van der Waals surface area contributed by atoms with Crippen LogP contribution in [0, 0.1) is 12.8 Å². The highest BCUT2D eigenvalue weighted by Crippen LogP contribution is 2.26. The molecule has 0 N–H and O–H groups in total. The van der Waals surface area contributed by atoms with Gasteiger partial charge in [-0.2, -0.15) is 0 Å². The highest BCUT2D eigenvalue weighted by atomic mass is 16.2. The molecule has 5 heteroatoms. The van der Waals surface area contributed by atoms with E-state index in [1.807, 2.05) is 36.1 Å². The molecular formula is C22H30N2O3. The Morgan fingerprint density at radius 1 is 0.852 bits per heavy atom. The van der Waals surface area contributed by atoms with Gasteiger partial charge in [-0.05, 0) is 19.8 Å². The maximum Gasteiger partial charge on any atom is 0.225 e. The lowest BCUT2D eigenvalue weighted by Gasteiger charge is -2.37. The number of aryl methyl sites for hydroxylation is 1. The maximum absolute atomic E-state index is 12.6. The predicted molar refractivity (Wildman–Crippen MR) is 104 cm³/mol. The van der Waals surface area contributed by atoms with Crippen molar-refractivity contribution in [1.29, 1.82) is 0 Å². The Hall–Kier alpha value is -2.17. The topological polar surface area (TPSA) is 57.7 Å². The van der Waals surface area contributed by atoms with E-state index in [4.69, 9.17) is 0 Å². The van der Waals surface area contributed by atoms with Gasteiger partial charge >= 0.3 is 0 Å². The highest BCUT2D eigenvalue weighted by Gasteiger charge is 2.29. The minimum Gasteiger partial charge on any atom is -0.339 e. The van der Waals surface area contributed by atoms with Crippen molar-refractivity contribution < 1.29 is 14.4 Å². The van der Waals surface area contributed by atoms with Crippen molar-refractivity contribution >= 4 is 17.6 Å². The summed E-state index contributed by atoms with van der Waals surface area (Å²) in [5.74, 6) is 0.485. The molecule has 146 valence electrons. The molecule has 0 radical (unpaired) electrons. The Bertz CT molecular complexity index is 669. The SMILES string of the molecule is Cc1ccc(C(=O)CCC(=O)N2CCN(C(=O)C3CCCCC3)CC2)cc1. The average Bonchev–Trinajstić information content (AvgIpc) is 2.72. The second-order valence-corrected chi connectivity index (χ2v) is 7.83. The molecule has 5 nitrogen and oxygen atoms in total. The fourth-order valence-corrected chi connectivity index (χ4v) is 4.05. The van der Waals surface area contributed by atoms with Gasteiger partial charge in [0.15, 0.2) is 5.78 Å². The van der Waals surface area contributed by atoms with Gasteiger partial charge in [0, 0.05) is 50.5 Å². The fraction of sp³-hybridized carbons (Fsp3) is 0.591. The number of amides is 2. The first-order valence-corrected chi connectivity index (χ1v) is 10.2. The highest BCUT2D eigenvalue weighted by molar-refractivity contribution is 5.98. The lowest BCUT2D eigenvalue weighted by Crippen LogP contribution is -2.52. The van der Waals surface area contributed by atoms with Crippen LogP contribution < -0.4 is 0 Å². The molecule has 1 heterocycles. The number of nitrogens with zero attached hydrogens (tertiary/aromatic N) is 2. The molecule has 1 aliphatic heterocycles. The summed E-state index contributed by atoms with van der Waals surface area (Å²) in [6.45, 7) is 4.38. The normalized spacial score (nSPS) is 18.4. The summed E-state index contributed by atoms with van der Waals surface area (Å²) >= 11 is 0. The van der Waals surface area contributed by atoms with Crippen LogP contribution in [0.4, 0.5) is 0 Å². The molecule has 1 aromatic carbocycles. The van der Waals surface area contributed by atoms with Crippen molar-refractivity contribution in [2.24, 2.45) is 5.92 Å². The van der Waals surface area contributed by atoms with Crippen LogP contribution in [0.3, 0.4) is 0 Å². The number of benzene rings is 1. The first-order chi connectivity index (χ1) is 13.0. The number of Topliss-reactive ketones (excluding diaryl/α,β-unsaturated/α-hetero) is 1. The van der Waals surface area contributed by atoms with E-state index in [1.54, 1.807) is 4.90 Å². The smallest absolute Gasteiger partial charge is 0.225 e. The minimum atomic E-state index is 0.00876. The van der Waals surface area contributed by atoms with Gasteiger partial charge in [0.05, 0.1) is 0 Å². The number of carbonyl (C=O) groups is 3. The Morgan fingerprint density at radius 3 is 2.07 bits per heavy atom. The third kappa shape index (κ3) is 5.18. The van der Waals surface area contributed by atoms with Gasteiger partial charge in [-0.3, -0.25) is 14.4 Å². The predicted octanol–water partition coefficient (Wildman–Crippen LogP) is 3.21. The van der Waals surface area contributed by atoms with E-state index in [0.29, 0.717) is 31.7 Å². The molecule has 0 spiro atoms. The van der Waals surface area contributed by atoms with Crippen LogP contribution in [0.1, 0.15) is 60.9 Å². The average molecular weight is 370 g/mol. The van der Waals surface area contributed by atoms with Gasteiger partial charge < -0.3 is 9.80 Å². The molecule has 0 bridgehead atoms. The Balaban J connectivity index is 1.42. The lowest BCUT2D eigenvalue weighted by atomic mass is 9.88. The van der Waals surface area contributed by atoms with Crippen LogP contribution in [0.5, 0.6) is 0 Å². The lowest BCUT2D eigenvalue weighted by molar-refractivity contribution is -0.142. The number of piperazine rings is 1. The monoisotopic (exact) mass is 370 g/mol. The summed E-state index contributed by atoms with van der Waals surface area (Å²) in [6.07, 6.45) is 6.06. The fourth-order valence-electron chi connectivity index (χ4n) is 4.05. The number of ketones is 1. The third-order valence-corrected chi connectivity index (χ3v) is 5.84. The summed E-state index contributed by atoms with van der Waals surface area (Å²) < 4.78 is 0. The van der Waals surface area contributed by atoms with E-state index in [-0.39, 0.29) is 36.4 Å². The molecule has 2 aliphatic rings. The van der Waals surface area contributed by atoms with Crippen molar-refractivity contribution in [3.63, 3.8) is 0 Å². The van der Waals surface area contributed by atoms with Crippen molar-refractivity contribution in [2.45, 2.75) is 51.9 Å². The minimum absolute atomic E-state index is 0.00876. The molecule has 1 saturated carbocycles. The molecule has 0 atom stereocenters. The largest absolute Gasteiger partial charge is 0.339 e. The summed E-state index contributed by atoms with van der Waals surface area (Å²) in [5.41, 5.74) is 1.78. The van der Waals surface area contributed by atoms with Gasteiger partial charge in [0.1, 0.15) is 0 Å². The molecular weight excluding hydrogens is 340 g/mol. The van der Waals surface area contributed by atoms with Gasteiger partial charge in [-0.15, -0.1) is 0 Å². The van der Waals surface area contributed by atoms with E-state index in [9.17, 15) is 14.4 Å². The Kier molecular flexibility index (Phi) is 6.64. The Labute approximate surface area is 161 Å². The molecule has 2 amide bonds. The summed E-state index contributed by atoms with van der Waals surface area (Å²) in [5, 5.41) is 0. The molecule has 1 aliphatic carbocycles. The van der Waals surface area contributed by atoms with E-state index in [2.05, 4.69) is 0 Å². The Morgan fingerprint density at radius 2 is 1.44 bits per heavy atom. The molecule has 0 aromatic heterocycles. The quantitative estimate of drug-likeness (QED) is 0.748. The molecule has 0 unspecified atom stereocenters. The van der Waals surface area contributed by atoms with Crippen LogP contribution in [-0.4, -0.2) is 53.6 Å². The molecule has 3 rings (SSSR count). The van der Waals surface area contributed by atoms with Gasteiger partial charge in [0.2, 0.25) is 11.8 Å².